The minimum Gasteiger partial charge on any atom is -0.372 e. The molecule has 0 radical (unpaired) electrons. The summed E-state index contributed by atoms with van der Waals surface area (Å²) in [5, 5.41) is 3.44. The molecule has 1 aliphatic carbocycles. The normalized spacial score (nSPS) is 26.9. The van der Waals surface area contributed by atoms with E-state index in [2.05, 4.69) is 30.1 Å². The van der Waals surface area contributed by atoms with Gasteiger partial charge in [0.05, 0.1) is 12.2 Å². The van der Waals surface area contributed by atoms with E-state index in [1.165, 1.54) is 12.8 Å². The topological polar surface area (TPSA) is 24.5 Å². The highest BCUT2D eigenvalue weighted by Crippen LogP contribution is 2.24. The van der Waals surface area contributed by atoms with Gasteiger partial charge in [0.1, 0.15) is 5.82 Å². The molecule has 3 rings (SSSR count). The smallest absolute Gasteiger partial charge is 0.125 e. The van der Waals surface area contributed by atoms with Gasteiger partial charge in [-0.1, -0.05) is 0 Å². The number of morpholine rings is 1. The Morgan fingerprint density at radius 1 is 1.20 bits per heavy atom. The fourth-order valence-electron chi connectivity index (χ4n) is 2.86. The summed E-state index contributed by atoms with van der Waals surface area (Å²) in [5.41, 5.74) is 2.00. The van der Waals surface area contributed by atoms with Gasteiger partial charge in [0.2, 0.25) is 0 Å². The van der Waals surface area contributed by atoms with E-state index >= 15 is 0 Å². The van der Waals surface area contributed by atoms with Crippen molar-refractivity contribution in [1.29, 1.82) is 0 Å². The third-order valence-electron chi connectivity index (χ3n) is 3.90. The number of rotatable bonds is 4. The van der Waals surface area contributed by atoms with E-state index in [4.69, 9.17) is 4.74 Å². The molecule has 1 aliphatic heterocycles. The Hall–Kier alpha value is -1.13. The zero-order chi connectivity index (χ0) is 14.1. The van der Waals surface area contributed by atoms with Crippen LogP contribution in [0.5, 0.6) is 0 Å². The molecule has 2 atom stereocenters. The molecule has 0 aromatic heterocycles. The second-order valence-corrected chi connectivity index (χ2v) is 6.14. The lowest BCUT2D eigenvalue weighted by Gasteiger charge is -2.37. The Bertz CT molecular complexity index is 466. The molecule has 1 N–H and O–H groups in total. The average Bonchev–Trinajstić information content (AvgIpc) is 3.18. The van der Waals surface area contributed by atoms with Crippen LogP contribution in [0.15, 0.2) is 18.2 Å². The molecule has 110 valence electrons. The number of hydrogen-bond acceptors (Lipinski definition) is 3. The molecule has 1 saturated heterocycles. The number of nitrogens with one attached hydrogen (secondary N) is 1. The molecule has 0 amide bonds. The zero-order valence-corrected chi connectivity index (χ0v) is 12.2. The summed E-state index contributed by atoms with van der Waals surface area (Å²) < 4.78 is 19.6. The number of nitrogens with zero attached hydrogens (tertiary/aromatic N) is 1. The summed E-state index contributed by atoms with van der Waals surface area (Å²) in [6.07, 6.45) is 2.88. The van der Waals surface area contributed by atoms with Crippen LogP contribution in [0.4, 0.5) is 10.1 Å². The van der Waals surface area contributed by atoms with Crippen molar-refractivity contribution in [3.63, 3.8) is 0 Å². The molecule has 2 aliphatic rings. The first-order chi connectivity index (χ1) is 9.60. The summed E-state index contributed by atoms with van der Waals surface area (Å²) in [4.78, 5) is 2.22. The molecule has 20 heavy (non-hydrogen) atoms. The molecule has 3 nitrogen and oxygen atoms in total. The maximum atomic E-state index is 13.8. The van der Waals surface area contributed by atoms with Crippen LogP contribution in [0.1, 0.15) is 32.3 Å². The van der Waals surface area contributed by atoms with E-state index in [-0.39, 0.29) is 18.0 Å². The van der Waals surface area contributed by atoms with Gasteiger partial charge in [-0.25, -0.2) is 4.39 Å². The fourth-order valence-corrected chi connectivity index (χ4v) is 2.86. The van der Waals surface area contributed by atoms with Crippen LogP contribution in [-0.4, -0.2) is 31.3 Å². The third kappa shape index (κ3) is 3.49. The van der Waals surface area contributed by atoms with Crippen LogP contribution in [-0.2, 0) is 11.3 Å². The number of anilines is 1. The first kappa shape index (κ1) is 13.8. The van der Waals surface area contributed by atoms with Crippen molar-refractivity contribution >= 4 is 5.69 Å². The molecule has 2 fully saturated rings. The van der Waals surface area contributed by atoms with Crippen LogP contribution in [0.3, 0.4) is 0 Å². The molecule has 1 heterocycles. The molecule has 1 aromatic rings. The maximum absolute atomic E-state index is 13.8. The first-order valence-corrected chi connectivity index (χ1v) is 7.53. The Morgan fingerprint density at radius 3 is 2.55 bits per heavy atom. The van der Waals surface area contributed by atoms with Crippen molar-refractivity contribution in [3.8, 4) is 0 Å². The van der Waals surface area contributed by atoms with Gasteiger partial charge in [-0.15, -0.1) is 0 Å². The van der Waals surface area contributed by atoms with E-state index in [9.17, 15) is 4.39 Å². The predicted molar refractivity (Wildman–Crippen MR) is 78.5 cm³/mol. The van der Waals surface area contributed by atoms with E-state index in [0.29, 0.717) is 6.04 Å². The number of halogens is 1. The summed E-state index contributed by atoms with van der Waals surface area (Å²) in [7, 11) is 0. The minimum absolute atomic E-state index is 0.151. The van der Waals surface area contributed by atoms with E-state index in [0.717, 1.165) is 30.9 Å². The summed E-state index contributed by atoms with van der Waals surface area (Å²) in [5.74, 6) is -0.151. The van der Waals surface area contributed by atoms with E-state index in [1.807, 2.05) is 0 Å². The minimum atomic E-state index is -0.151. The van der Waals surface area contributed by atoms with Crippen LogP contribution >= 0.6 is 0 Å². The van der Waals surface area contributed by atoms with Gasteiger partial charge >= 0.3 is 0 Å². The van der Waals surface area contributed by atoms with Gasteiger partial charge in [0.25, 0.3) is 0 Å². The van der Waals surface area contributed by atoms with Gasteiger partial charge in [0, 0.05) is 31.4 Å². The fraction of sp³-hybridized carbons (Fsp3) is 0.625. The van der Waals surface area contributed by atoms with Crippen molar-refractivity contribution in [2.45, 2.75) is 51.5 Å². The molecular weight excluding hydrogens is 255 g/mol. The van der Waals surface area contributed by atoms with Crippen molar-refractivity contribution in [2.24, 2.45) is 0 Å². The van der Waals surface area contributed by atoms with Crippen molar-refractivity contribution < 1.29 is 9.13 Å². The Balaban J connectivity index is 1.73. The largest absolute Gasteiger partial charge is 0.372 e. The van der Waals surface area contributed by atoms with Crippen LogP contribution in [0.2, 0.25) is 0 Å². The van der Waals surface area contributed by atoms with Gasteiger partial charge in [-0.2, -0.15) is 0 Å². The lowest BCUT2D eigenvalue weighted by molar-refractivity contribution is -0.00523. The Morgan fingerprint density at radius 2 is 1.90 bits per heavy atom. The van der Waals surface area contributed by atoms with Crippen molar-refractivity contribution in [3.05, 3.63) is 29.6 Å². The van der Waals surface area contributed by atoms with E-state index < -0.39 is 0 Å². The second kappa shape index (κ2) is 5.70. The SMILES string of the molecule is C[C@@H]1CN(c2cc(F)cc(CNC3CC3)c2)C[C@H](C)O1. The number of benzene rings is 1. The highest BCUT2D eigenvalue weighted by atomic mass is 19.1. The predicted octanol–water partition coefficient (Wildman–Crippen LogP) is 2.69. The lowest BCUT2D eigenvalue weighted by Crippen LogP contribution is -2.45. The molecular formula is C16H23FN2O. The Kier molecular flexibility index (Phi) is 3.94. The molecule has 0 bridgehead atoms. The monoisotopic (exact) mass is 278 g/mol. The summed E-state index contributed by atoms with van der Waals surface area (Å²) in [6.45, 7) is 6.53. The van der Waals surface area contributed by atoms with Crippen molar-refractivity contribution in [1.82, 2.24) is 5.32 Å². The molecule has 4 heteroatoms. The molecule has 1 aromatic carbocycles. The second-order valence-electron chi connectivity index (χ2n) is 6.14. The van der Waals surface area contributed by atoms with Crippen LogP contribution in [0.25, 0.3) is 0 Å². The standard InChI is InChI=1S/C16H23FN2O/c1-11-9-19(10-12(2)20-11)16-6-13(5-14(17)7-16)8-18-15-3-4-15/h5-7,11-12,15,18H,3-4,8-10H2,1-2H3/t11-,12+. The van der Waals surface area contributed by atoms with Gasteiger partial charge in [0.15, 0.2) is 0 Å². The highest BCUT2D eigenvalue weighted by Gasteiger charge is 2.23. The van der Waals surface area contributed by atoms with Gasteiger partial charge in [-0.05, 0) is 50.5 Å². The van der Waals surface area contributed by atoms with Gasteiger partial charge in [-0.3, -0.25) is 0 Å². The van der Waals surface area contributed by atoms with E-state index in [1.54, 1.807) is 12.1 Å². The van der Waals surface area contributed by atoms with Crippen LogP contribution < -0.4 is 10.2 Å². The summed E-state index contributed by atoms with van der Waals surface area (Å²) in [6, 6.07) is 6.01. The maximum Gasteiger partial charge on any atom is 0.125 e. The first-order valence-electron chi connectivity index (χ1n) is 7.53. The van der Waals surface area contributed by atoms with Crippen molar-refractivity contribution in [2.75, 3.05) is 18.0 Å². The summed E-state index contributed by atoms with van der Waals surface area (Å²) >= 11 is 0. The Labute approximate surface area is 120 Å². The molecule has 0 unspecified atom stereocenters. The number of ether oxygens (including phenoxy) is 1. The third-order valence-corrected chi connectivity index (χ3v) is 3.90. The highest BCUT2D eigenvalue weighted by molar-refractivity contribution is 5.49. The van der Waals surface area contributed by atoms with Crippen LogP contribution in [0, 0.1) is 5.82 Å². The van der Waals surface area contributed by atoms with Gasteiger partial charge < -0.3 is 15.0 Å². The number of hydrogen-bond donors (Lipinski definition) is 1. The lowest BCUT2D eigenvalue weighted by atomic mass is 10.1. The zero-order valence-electron chi connectivity index (χ0n) is 12.2. The molecule has 1 saturated carbocycles. The molecule has 0 spiro atoms. The average molecular weight is 278 g/mol. The quantitative estimate of drug-likeness (QED) is 0.916.